The zero-order valence-corrected chi connectivity index (χ0v) is 14.0. The van der Waals surface area contributed by atoms with Crippen molar-refractivity contribution in [1.29, 1.82) is 0 Å². The van der Waals surface area contributed by atoms with Crippen LogP contribution in [0.15, 0.2) is 53.0 Å². The molecule has 1 saturated carbocycles. The van der Waals surface area contributed by atoms with Gasteiger partial charge in [0.2, 0.25) is 11.8 Å². The highest BCUT2D eigenvalue weighted by atomic mass is 79.9. The molecule has 2 atom stereocenters. The van der Waals surface area contributed by atoms with Crippen molar-refractivity contribution >= 4 is 27.7 Å². The van der Waals surface area contributed by atoms with Gasteiger partial charge in [0, 0.05) is 22.5 Å². The number of halogens is 1. The first-order valence-corrected chi connectivity index (χ1v) is 8.26. The van der Waals surface area contributed by atoms with Crippen LogP contribution in [-0.2, 0) is 11.3 Å². The van der Waals surface area contributed by atoms with E-state index in [-0.39, 0.29) is 11.8 Å². The Labute approximate surface area is 143 Å². The van der Waals surface area contributed by atoms with Gasteiger partial charge in [0.15, 0.2) is 0 Å². The molecule has 1 fully saturated rings. The molecule has 1 aliphatic carbocycles. The highest BCUT2D eigenvalue weighted by molar-refractivity contribution is 9.10. The zero-order valence-electron chi connectivity index (χ0n) is 12.5. The fourth-order valence-corrected chi connectivity index (χ4v) is 3.11. The van der Waals surface area contributed by atoms with Crippen LogP contribution in [-0.4, -0.2) is 11.8 Å². The molecule has 0 saturated heterocycles. The number of rotatable bonds is 5. The van der Waals surface area contributed by atoms with E-state index in [1.807, 2.05) is 12.1 Å². The van der Waals surface area contributed by atoms with E-state index in [9.17, 15) is 9.59 Å². The second-order valence-electron chi connectivity index (χ2n) is 5.78. The minimum Gasteiger partial charge on any atom is -0.366 e. The van der Waals surface area contributed by atoms with Gasteiger partial charge in [-0.15, -0.1) is 0 Å². The number of primary amides is 1. The van der Waals surface area contributed by atoms with Crippen LogP contribution < -0.4 is 11.1 Å². The molecule has 2 aromatic carbocycles. The zero-order chi connectivity index (χ0) is 16.4. The third kappa shape index (κ3) is 3.79. The molecule has 0 aromatic heterocycles. The number of hydrogen-bond donors (Lipinski definition) is 2. The molecular weight excluding hydrogens is 356 g/mol. The van der Waals surface area contributed by atoms with E-state index < -0.39 is 5.91 Å². The summed E-state index contributed by atoms with van der Waals surface area (Å²) in [5.74, 6) is -0.0108. The van der Waals surface area contributed by atoms with E-state index in [0.29, 0.717) is 18.0 Å². The van der Waals surface area contributed by atoms with Gasteiger partial charge < -0.3 is 11.1 Å². The van der Waals surface area contributed by atoms with Gasteiger partial charge in [-0.2, -0.15) is 0 Å². The molecule has 118 valence electrons. The highest BCUT2D eigenvalue weighted by Crippen LogP contribution is 2.47. The summed E-state index contributed by atoms with van der Waals surface area (Å²) >= 11 is 3.46. The molecule has 2 aromatic rings. The van der Waals surface area contributed by atoms with Gasteiger partial charge in [-0.25, -0.2) is 0 Å². The molecule has 4 nitrogen and oxygen atoms in total. The van der Waals surface area contributed by atoms with E-state index in [1.54, 1.807) is 24.3 Å². The number of carbonyl (C=O) groups excluding carboxylic acids is 2. The first kappa shape index (κ1) is 15.7. The summed E-state index contributed by atoms with van der Waals surface area (Å²) in [7, 11) is 0. The molecule has 0 bridgehead atoms. The Kier molecular flexibility index (Phi) is 4.48. The molecule has 0 unspecified atom stereocenters. The second kappa shape index (κ2) is 6.54. The van der Waals surface area contributed by atoms with Crippen LogP contribution in [0.25, 0.3) is 0 Å². The van der Waals surface area contributed by atoms with Gasteiger partial charge >= 0.3 is 0 Å². The molecule has 0 radical (unpaired) electrons. The molecule has 0 heterocycles. The molecule has 0 spiro atoms. The fourth-order valence-electron chi connectivity index (χ4n) is 2.70. The van der Waals surface area contributed by atoms with Gasteiger partial charge in [-0.3, -0.25) is 9.59 Å². The molecule has 2 amide bonds. The third-order valence-corrected chi connectivity index (χ3v) is 4.60. The third-order valence-electron chi connectivity index (χ3n) is 4.11. The molecule has 0 aliphatic heterocycles. The van der Waals surface area contributed by atoms with Crippen molar-refractivity contribution in [2.75, 3.05) is 0 Å². The average molecular weight is 373 g/mol. The minimum absolute atomic E-state index is 0.0502. The van der Waals surface area contributed by atoms with Gasteiger partial charge in [0.25, 0.3) is 0 Å². The van der Waals surface area contributed by atoms with E-state index in [1.165, 1.54) is 5.56 Å². The van der Waals surface area contributed by atoms with Crippen LogP contribution in [0, 0.1) is 5.92 Å². The normalized spacial score (nSPS) is 19.2. The largest absolute Gasteiger partial charge is 0.366 e. The van der Waals surface area contributed by atoms with Crippen molar-refractivity contribution in [1.82, 2.24) is 5.32 Å². The van der Waals surface area contributed by atoms with Gasteiger partial charge in [0.05, 0.1) is 0 Å². The van der Waals surface area contributed by atoms with Crippen molar-refractivity contribution in [3.8, 4) is 0 Å². The average Bonchev–Trinajstić information content (AvgIpc) is 3.34. The second-order valence-corrected chi connectivity index (χ2v) is 6.70. The molecule has 1 aliphatic rings. The summed E-state index contributed by atoms with van der Waals surface area (Å²) < 4.78 is 1.04. The number of amides is 2. The Balaban J connectivity index is 1.53. The number of benzene rings is 2. The Bertz CT molecular complexity index is 743. The van der Waals surface area contributed by atoms with Crippen molar-refractivity contribution in [2.24, 2.45) is 11.7 Å². The minimum atomic E-state index is -0.449. The molecular formula is C18H17BrN2O2. The van der Waals surface area contributed by atoms with Crippen molar-refractivity contribution in [3.05, 3.63) is 69.7 Å². The molecule has 3 rings (SSSR count). The quantitative estimate of drug-likeness (QED) is 0.846. The summed E-state index contributed by atoms with van der Waals surface area (Å²) in [6.45, 7) is 0.458. The monoisotopic (exact) mass is 372 g/mol. The molecule has 23 heavy (non-hydrogen) atoms. The lowest BCUT2D eigenvalue weighted by Gasteiger charge is -2.06. The summed E-state index contributed by atoms with van der Waals surface area (Å²) in [5.41, 5.74) is 7.82. The lowest BCUT2D eigenvalue weighted by Crippen LogP contribution is -2.25. The first-order valence-electron chi connectivity index (χ1n) is 7.46. The summed E-state index contributed by atoms with van der Waals surface area (Å²) in [6, 6.07) is 15.1. The lowest BCUT2D eigenvalue weighted by atomic mass is 10.1. The van der Waals surface area contributed by atoms with Crippen LogP contribution in [0.4, 0.5) is 0 Å². The van der Waals surface area contributed by atoms with Gasteiger partial charge in [0.1, 0.15) is 0 Å². The maximum absolute atomic E-state index is 12.2. The fraction of sp³-hybridized carbons (Fsp3) is 0.222. The predicted molar refractivity (Wildman–Crippen MR) is 91.8 cm³/mol. The molecule has 5 heteroatoms. The Morgan fingerprint density at radius 2 is 1.91 bits per heavy atom. The summed E-state index contributed by atoms with van der Waals surface area (Å²) in [6.07, 6.45) is 0.892. The van der Waals surface area contributed by atoms with Crippen molar-refractivity contribution < 1.29 is 9.59 Å². The first-order chi connectivity index (χ1) is 11.0. The summed E-state index contributed by atoms with van der Waals surface area (Å²) in [5, 5.41) is 2.96. The summed E-state index contributed by atoms with van der Waals surface area (Å²) in [4.78, 5) is 23.2. The Morgan fingerprint density at radius 3 is 2.57 bits per heavy atom. The van der Waals surface area contributed by atoms with Gasteiger partial charge in [-0.05, 0) is 47.7 Å². The van der Waals surface area contributed by atoms with Crippen LogP contribution in [0.1, 0.15) is 33.8 Å². The number of nitrogens with one attached hydrogen (secondary N) is 1. The molecule has 3 N–H and O–H groups in total. The smallest absolute Gasteiger partial charge is 0.248 e. The number of nitrogens with two attached hydrogens (primary N) is 1. The predicted octanol–water partition coefficient (Wildman–Crippen LogP) is 2.97. The van der Waals surface area contributed by atoms with E-state index in [2.05, 4.69) is 33.4 Å². The van der Waals surface area contributed by atoms with E-state index in [0.717, 1.165) is 16.5 Å². The van der Waals surface area contributed by atoms with Crippen LogP contribution in [0.3, 0.4) is 0 Å². The Hall–Kier alpha value is -2.14. The lowest BCUT2D eigenvalue weighted by molar-refractivity contribution is -0.122. The SMILES string of the molecule is NC(=O)c1ccc(CNC(=O)[C@H]2C[C@H]2c2cccc(Br)c2)cc1. The standard InChI is InChI=1S/C18H17BrN2O2/c19-14-3-1-2-13(8-14)15-9-16(15)18(23)21-10-11-4-6-12(7-5-11)17(20)22/h1-8,15-16H,9-10H2,(H2,20,22)(H,21,23)/t15-,16-/m0/s1. The van der Waals surface area contributed by atoms with Crippen molar-refractivity contribution in [3.63, 3.8) is 0 Å². The van der Waals surface area contributed by atoms with Gasteiger partial charge in [-0.1, -0.05) is 40.2 Å². The van der Waals surface area contributed by atoms with Crippen LogP contribution >= 0.6 is 15.9 Å². The van der Waals surface area contributed by atoms with E-state index in [4.69, 9.17) is 5.73 Å². The highest BCUT2D eigenvalue weighted by Gasteiger charge is 2.43. The van der Waals surface area contributed by atoms with Crippen LogP contribution in [0.2, 0.25) is 0 Å². The maximum atomic E-state index is 12.2. The maximum Gasteiger partial charge on any atom is 0.248 e. The number of carbonyl (C=O) groups is 2. The van der Waals surface area contributed by atoms with E-state index >= 15 is 0 Å². The Morgan fingerprint density at radius 1 is 1.17 bits per heavy atom. The number of hydrogen-bond acceptors (Lipinski definition) is 2. The topological polar surface area (TPSA) is 72.2 Å². The van der Waals surface area contributed by atoms with Crippen molar-refractivity contribution in [2.45, 2.75) is 18.9 Å². The van der Waals surface area contributed by atoms with Crippen LogP contribution in [0.5, 0.6) is 0 Å².